The van der Waals surface area contributed by atoms with Gasteiger partial charge in [0.05, 0.1) is 19.1 Å². The Morgan fingerprint density at radius 3 is 2.50 bits per heavy atom. The van der Waals surface area contributed by atoms with E-state index in [4.69, 9.17) is 0 Å². The van der Waals surface area contributed by atoms with Gasteiger partial charge in [-0.1, -0.05) is 42.5 Å². The minimum Gasteiger partial charge on any atom is -0.333 e. The van der Waals surface area contributed by atoms with E-state index >= 15 is 0 Å². The SMILES string of the molecule is CSCC[C@H]1C(=O)N([C@@H](C)c2ccccc2)CC2N1C(=O)CN(C)N2C(=O)NCc1ccc(F)cc1. The number of hydrazine groups is 1. The molecule has 2 aromatic rings. The number of piperazine rings is 1. The molecule has 0 aliphatic carbocycles. The average molecular weight is 514 g/mol. The fourth-order valence-electron chi connectivity index (χ4n) is 4.89. The highest BCUT2D eigenvalue weighted by Gasteiger charge is 2.51. The van der Waals surface area contributed by atoms with Crippen molar-refractivity contribution in [2.45, 2.75) is 38.1 Å². The number of likely N-dealkylation sites (N-methyl/N-ethyl adjacent to an activating group) is 1. The molecular formula is C26H32FN5O3S. The van der Waals surface area contributed by atoms with Crippen molar-refractivity contribution in [2.75, 3.05) is 32.1 Å². The van der Waals surface area contributed by atoms with Crippen LogP contribution in [0.25, 0.3) is 0 Å². The number of hydrogen-bond donors (Lipinski definition) is 1. The smallest absolute Gasteiger partial charge is 0.333 e. The molecule has 8 nitrogen and oxygen atoms in total. The number of amides is 4. The molecule has 10 heteroatoms. The van der Waals surface area contributed by atoms with Gasteiger partial charge < -0.3 is 15.1 Å². The minimum atomic E-state index is -0.643. The molecule has 4 rings (SSSR count). The Morgan fingerprint density at radius 2 is 1.83 bits per heavy atom. The number of nitrogens with zero attached hydrogens (tertiary/aromatic N) is 4. The second kappa shape index (κ2) is 11.3. The Kier molecular flexibility index (Phi) is 8.15. The van der Waals surface area contributed by atoms with Gasteiger partial charge in [-0.3, -0.25) is 9.59 Å². The summed E-state index contributed by atoms with van der Waals surface area (Å²) in [6.07, 6.45) is 1.84. The lowest BCUT2D eigenvalue weighted by Crippen LogP contribution is -2.76. The molecule has 0 radical (unpaired) electrons. The normalized spacial score (nSPS) is 21.4. The number of hydrogen-bond acceptors (Lipinski definition) is 5. The molecular weight excluding hydrogens is 481 g/mol. The molecule has 0 saturated carbocycles. The number of thioether (sulfide) groups is 1. The lowest BCUT2D eigenvalue weighted by atomic mass is 9.99. The fourth-order valence-corrected chi connectivity index (χ4v) is 5.35. The van der Waals surface area contributed by atoms with Gasteiger partial charge in [-0.25, -0.2) is 19.2 Å². The van der Waals surface area contributed by atoms with E-state index in [1.807, 2.05) is 43.5 Å². The first kappa shape index (κ1) is 26.0. The van der Waals surface area contributed by atoms with Gasteiger partial charge in [0.15, 0.2) is 0 Å². The summed E-state index contributed by atoms with van der Waals surface area (Å²) < 4.78 is 13.3. The quantitative estimate of drug-likeness (QED) is 0.616. The molecule has 4 amide bonds. The van der Waals surface area contributed by atoms with Gasteiger partial charge in [0, 0.05) is 13.6 Å². The number of rotatable bonds is 7. The van der Waals surface area contributed by atoms with Crippen LogP contribution in [-0.2, 0) is 16.1 Å². The van der Waals surface area contributed by atoms with Crippen LogP contribution in [0.5, 0.6) is 0 Å². The highest BCUT2D eigenvalue weighted by atomic mass is 32.2. The molecule has 0 spiro atoms. The number of carbonyl (C=O) groups excluding carboxylic acids is 3. The largest absolute Gasteiger partial charge is 0.334 e. The van der Waals surface area contributed by atoms with E-state index in [0.717, 1.165) is 11.1 Å². The first-order chi connectivity index (χ1) is 17.3. The van der Waals surface area contributed by atoms with Crippen LogP contribution in [-0.4, -0.2) is 82.0 Å². The van der Waals surface area contributed by atoms with Crippen LogP contribution in [0.15, 0.2) is 54.6 Å². The molecule has 0 bridgehead atoms. The topological polar surface area (TPSA) is 76.2 Å². The average Bonchev–Trinajstić information content (AvgIpc) is 2.87. The Balaban J connectivity index is 1.62. The third-order valence-electron chi connectivity index (χ3n) is 6.80. The second-order valence-electron chi connectivity index (χ2n) is 9.10. The van der Waals surface area contributed by atoms with E-state index in [2.05, 4.69) is 5.32 Å². The molecule has 2 heterocycles. The van der Waals surface area contributed by atoms with Crippen molar-refractivity contribution in [2.24, 2.45) is 0 Å². The number of urea groups is 1. The summed E-state index contributed by atoms with van der Waals surface area (Å²) in [5.74, 6) is 0.108. The van der Waals surface area contributed by atoms with Crippen LogP contribution < -0.4 is 5.32 Å². The summed E-state index contributed by atoms with van der Waals surface area (Å²) in [5.41, 5.74) is 1.75. The highest BCUT2D eigenvalue weighted by molar-refractivity contribution is 7.98. The molecule has 2 aliphatic heterocycles. The number of benzene rings is 2. The summed E-state index contributed by atoms with van der Waals surface area (Å²) >= 11 is 1.62. The van der Waals surface area contributed by atoms with Crippen molar-refractivity contribution in [1.29, 1.82) is 0 Å². The van der Waals surface area contributed by atoms with Gasteiger partial charge in [-0.15, -0.1) is 0 Å². The summed E-state index contributed by atoms with van der Waals surface area (Å²) in [6.45, 7) is 2.38. The van der Waals surface area contributed by atoms with E-state index < -0.39 is 12.2 Å². The molecule has 36 heavy (non-hydrogen) atoms. The number of halogens is 1. The molecule has 1 N–H and O–H groups in total. The first-order valence-corrected chi connectivity index (χ1v) is 13.4. The van der Waals surface area contributed by atoms with Crippen molar-refractivity contribution in [3.63, 3.8) is 0 Å². The molecule has 1 unspecified atom stereocenters. The molecule has 2 aromatic carbocycles. The van der Waals surface area contributed by atoms with Crippen molar-refractivity contribution in [1.82, 2.24) is 25.1 Å². The molecule has 2 saturated heterocycles. The van der Waals surface area contributed by atoms with Crippen LogP contribution in [0.4, 0.5) is 9.18 Å². The van der Waals surface area contributed by atoms with Gasteiger partial charge in [0.1, 0.15) is 18.0 Å². The standard InChI is InChI=1S/C26H32FN5O3S/c1-18(20-7-5-4-6-8-20)30-16-23-31(22(25(30)34)13-14-36-3)24(33)17-29(2)32(23)26(35)28-15-19-9-11-21(27)12-10-19/h4-12,18,22-23H,13-17H2,1-3H3,(H,28,35)/t18-,22-,23?/m0/s1. The Bertz CT molecular complexity index is 1090. The number of fused-ring (bicyclic) bond motifs is 1. The Morgan fingerprint density at radius 1 is 1.14 bits per heavy atom. The maximum absolute atomic E-state index is 13.7. The van der Waals surface area contributed by atoms with Crippen molar-refractivity contribution >= 4 is 29.6 Å². The van der Waals surface area contributed by atoms with Crippen molar-refractivity contribution in [3.8, 4) is 0 Å². The van der Waals surface area contributed by atoms with Crippen LogP contribution in [0.3, 0.4) is 0 Å². The van der Waals surface area contributed by atoms with Crippen molar-refractivity contribution < 1.29 is 18.8 Å². The first-order valence-electron chi connectivity index (χ1n) is 12.0. The second-order valence-corrected chi connectivity index (χ2v) is 10.1. The van der Waals surface area contributed by atoms with E-state index in [-0.39, 0.29) is 49.3 Å². The Hall–Kier alpha value is -3.11. The summed E-state index contributed by atoms with van der Waals surface area (Å²) in [6, 6.07) is 14.4. The maximum atomic E-state index is 13.7. The van der Waals surface area contributed by atoms with Gasteiger partial charge >= 0.3 is 6.03 Å². The third kappa shape index (κ3) is 5.34. The van der Waals surface area contributed by atoms with E-state index in [0.29, 0.717) is 12.2 Å². The van der Waals surface area contributed by atoms with Crippen LogP contribution in [0.2, 0.25) is 0 Å². The predicted molar refractivity (Wildman–Crippen MR) is 137 cm³/mol. The maximum Gasteiger partial charge on any atom is 0.334 e. The summed E-state index contributed by atoms with van der Waals surface area (Å²) in [5, 5.41) is 6.03. The zero-order chi connectivity index (χ0) is 25.8. The van der Waals surface area contributed by atoms with Gasteiger partial charge in [0.2, 0.25) is 11.8 Å². The predicted octanol–water partition coefficient (Wildman–Crippen LogP) is 3.08. The third-order valence-corrected chi connectivity index (χ3v) is 7.44. The molecule has 2 fully saturated rings. The minimum absolute atomic E-state index is 0.00223. The van der Waals surface area contributed by atoms with Gasteiger partial charge in [-0.05, 0) is 48.6 Å². The number of nitrogens with one attached hydrogen (secondary N) is 1. The lowest BCUT2D eigenvalue weighted by molar-refractivity contribution is -0.189. The fraction of sp³-hybridized carbons (Fsp3) is 0.423. The number of carbonyl (C=O) groups is 3. The Labute approximate surface area is 215 Å². The lowest BCUT2D eigenvalue weighted by Gasteiger charge is -2.55. The zero-order valence-electron chi connectivity index (χ0n) is 20.8. The molecule has 192 valence electrons. The summed E-state index contributed by atoms with van der Waals surface area (Å²) in [7, 11) is 1.70. The van der Waals surface area contributed by atoms with Gasteiger partial charge in [-0.2, -0.15) is 11.8 Å². The van der Waals surface area contributed by atoms with E-state index in [1.165, 1.54) is 17.1 Å². The van der Waals surface area contributed by atoms with Crippen LogP contribution in [0.1, 0.15) is 30.5 Å². The molecule has 2 aliphatic rings. The van der Waals surface area contributed by atoms with E-state index in [9.17, 15) is 18.8 Å². The van der Waals surface area contributed by atoms with Crippen molar-refractivity contribution in [3.05, 3.63) is 71.5 Å². The molecule has 0 aromatic heterocycles. The molecule has 3 atom stereocenters. The van der Waals surface area contributed by atoms with Crippen LogP contribution in [0, 0.1) is 5.82 Å². The van der Waals surface area contributed by atoms with Gasteiger partial charge in [0.25, 0.3) is 0 Å². The van der Waals surface area contributed by atoms with E-state index in [1.54, 1.807) is 45.8 Å². The zero-order valence-corrected chi connectivity index (χ0v) is 21.6. The summed E-state index contributed by atoms with van der Waals surface area (Å²) in [4.78, 5) is 43.7. The monoisotopic (exact) mass is 513 g/mol. The van der Waals surface area contributed by atoms with Crippen LogP contribution >= 0.6 is 11.8 Å². The highest BCUT2D eigenvalue weighted by Crippen LogP contribution is 2.32.